The molecule has 0 atom stereocenters. The summed E-state index contributed by atoms with van der Waals surface area (Å²) >= 11 is 0. The van der Waals surface area contributed by atoms with E-state index in [0.29, 0.717) is 0 Å². The van der Waals surface area contributed by atoms with Crippen LogP contribution in [-0.2, 0) is 0 Å². The Morgan fingerprint density at radius 1 is 1.31 bits per heavy atom. The van der Waals surface area contributed by atoms with Gasteiger partial charge in [-0.3, -0.25) is 0 Å². The van der Waals surface area contributed by atoms with Crippen LogP contribution in [0.2, 0.25) is 0 Å². The molecule has 0 aliphatic rings. The van der Waals surface area contributed by atoms with Gasteiger partial charge >= 0.3 is 6.18 Å². The topological polar surface area (TPSA) is 35.2 Å². The molecule has 0 radical (unpaired) electrons. The second-order valence-corrected chi connectivity index (χ2v) is 3.35. The largest absolute Gasteiger partial charge is 0.491 e. The Bertz CT molecular complexity index is 376. The molecule has 0 heterocycles. The van der Waals surface area contributed by atoms with Crippen molar-refractivity contribution in [3.05, 3.63) is 23.5 Å². The number of aryl methyl sites for hydroxylation is 1. The van der Waals surface area contributed by atoms with Gasteiger partial charge in [0, 0.05) is 6.07 Å². The van der Waals surface area contributed by atoms with Gasteiger partial charge in [-0.2, -0.15) is 13.2 Å². The van der Waals surface area contributed by atoms with Gasteiger partial charge in [-0.15, -0.1) is 0 Å². The Hall–Kier alpha value is -1.46. The van der Waals surface area contributed by atoms with Crippen LogP contribution in [0, 0.1) is 12.7 Å². The van der Waals surface area contributed by atoms with E-state index in [1.807, 2.05) is 0 Å². The van der Waals surface area contributed by atoms with Gasteiger partial charge in [0.15, 0.2) is 0 Å². The minimum Gasteiger partial charge on any atom is -0.491 e. The van der Waals surface area contributed by atoms with E-state index in [2.05, 4.69) is 0 Å². The molecule has 0 saturated heterocycles. The van der Waals surface area contributed by atoms with Crippen molar-refractivity contribution in [2.45, 2.75) is 19.5 Å². The first-order chi connectivity index (χ1) is 7.29. The number of hydrogen-bond donors (Lipinski definition) is 1. The van der Waals surface area contributed by atoms with Crippen LogP contribution >= 0.6 is 0 Å². The minimum absolute atomic E-state index is 0.00901. The fourth-order valence-electron chi connectivity index (χ4n) is 1.07. The molecule has 2 N–H and O–H groups in total. The molecule has 16 heavy (non-hydrogen) atoms. The summed E-state index contributed by atoms with van der Waals surface area (Å²) in [5.74, 6) is -0.441. The lowest BCUT2D eigenvalue weighted by atomic mass is 10.2. The van der Waals surface area contributed by atoms with Gasteiger partial charge in [-0.25, -0.2) is 4.39 Å². The molecule has 0 spiro atoms. The highest BCUT2D eigenvalue weighted by Crippen LogP contribution is 2.26. The van der Waals surface area contributed by atoms with Crippen molar-refractivity contribution < 1.29 is 22.3 Å². The molecule has 0 saturated carbocycles. The summed E-state index contributed by atoms with van der Waals surface area (Å²) in [6, 6.07) is 2.30. The number of anilines is 1. The van der Waals surface area contributed by atoms with E-state index in [9.17, 15) is 17.6 Å². The van der Waals surface area contributed by atoms with E-state index in [0.717, 1.165) is 6.07 Å². The number of nitrogens with two attached hydrogens (primary N) is 1. The Morgan fingerprint density at radius 2 is 1.94 bits per heavy atom. The van der Waals surface area contributed by atoms with E-state index >= 15 is 0 Å². The van der Waals surface area contributed by atoms with Crippen molar-refractivity contribution in [1.29, 1.82) is 0 Å². The molecule has 0 amide bonds. The molecule has 0 aliphatic carbocycles. The Labute approximate surface area is 90.0 Å². The maximum absolute atomic E-state index is 13.0. The van der Waals surface area contributed by atoms with Crippen LogP contribution < -0.4 is 10.5 Å². The fourth-order valence-corrected chi connectivity index (χ4v) is 1.07. The third-order valence-electron chi connectivity index (χ3n) is 1.93. The average molecular weight is 237 g/mol. The van der Waals surface area contributed by atoms with Crippen LogP contribution in [0.4, 0.5) is 23.2 Å². The first-order valence-corrected chi connectivity index (χ1v) is 4.55. The summed E-state index contributed by atoms with van der Waals surface area (Å²) in [5.41, 5.74) is 5.66. The van der Waals surface area contributed by atoms with Crippen LogP contribution in [0.3, 0.4) is 0 Å². The highest BCUT2D eigenvalue weighted by molar-refractivity contribution is 5.54. The minimum atomic E-state index is -4.27. The summed E-state index contributed by atoms with van der Waals surface area (Å²) in [6.07, 6.45) is -5.34. The zero-order valence-electron chi connectivity index (χ0n) is 8.57. The van der Waals surface area contributed by atoms with E-state index in [4.69, 9.17) is 10.5 Å². The molecule has 2 nitrogen and oxygen atoms in total. The van der Waals surface area contributed by atoms with Crippen LogP contribution in [0.1, 0.15) is 12.0 Å². The lowest BCUT2D eigenvalue weighted by molar-refractivity contribution is -0.139. The van der Waals surface area contributed by atoms with Crippen molar-refractivity contribution >= 4 is 5.69 Å². The molecule has 90 valence electrons. The number of halogens is 4. The van der Waals surface area contributed by atoms with Gasteiger partial charge in [0.05, 0.1) is 18.7 Å². The maximum Gasteiger partial charge on any atom is 0.392 e. The zero-order valence-corrected chi connectivity index (χ0v) is 8.57. The highest BCUT2D eigenvalue weighted by Gasteiger charge is 2.27. The Kier molecular flexibility index (Phi) is 3.62. The molecule has 0 fully saturated rings. The second-order valence-electron chi connectivity index (χ2n) is 3.35. The van der Waals surface area contributed by atoms with Crippen molar-refractivity contribution in [3.63, 3.8) is 0 Å². The van der Waals surface area contributed by atoms with E-state index in [1.54, 1.807) is 0 Å². The van der Waals surface area contributed by atoms with Crippen molar-refractivity contribution in [2.24, 2.45) is 0 Å². The fraction of sp³-hybridized carbons (Fsp3) is 0.400. The predicted octanol–water partition coefficient (Wildman–Crippen LogP) is 3.05. The Balaban J connectivity index is 2.64. The molecule has 0 bridgehead atoms. The maximum atomic E-state index is 13.0. The van der Waals surface area contributed by atoms with Crippen LogP contribution in [0.5, 0.6) is 5.75 Å². The van der Waals surface area contributed by atoms with Crippen LogP contribution in [-0.4, -0.2) is 12.8 Å². The number of rotatable bonds is 3. The Morgan fingerprint density at radius 3 is 2.50 bits per heavy atom. The van der Waals surface area contributed by atoms with Crippen LogP contribution in [0.15, 0.2) is 12.1 Å². The smallest absolute Gasteiger partial charge is 0.392 e. The summed E-state index contributed by atoms with van der Waals surface area (Å²) in [7, 11) is 0. The first kappa shape index (κ1) is 12.6. The number of nitrogen functional groups attached to an aromatic ring is 1. The summed E-state index contributed by atoms with van der Waals surface area (Å²) < 4.78 is 53.3. The predicted molar refractivity (Wildman–Crippen MR) is 51.7 cm³/mol. The molecule has 1 rings (SSSR count). The van der Waals surface area contributed by atoms with Crippen molar-refractivity contribution in [3.8, 4) is 5.75 Å². The van der Waals surface area contributed by atoms with Gasteiger partial charge < -0.3 is 10.5 Å². The van der Waals surface area contributed by atoms with E-state index in [1.165, 1.54) is 13.0 Å². The molecule has 0 unspecified atom stereocenters. The lowest BCUT2D eigenvalue weighted by Crippen LogP contribution is -2.13. The van der Waals surface area contributed by atoms with Gasteiger partial charge in [0.25, 0.3) is 0 Å². The number of benzene rings is 1. The molecule has 0 aliphatic heterocycles. The van der Waals surface area contributed by atoms with Gasteiger partial charge in [0.2, 0.25) is 0 Å². The van der Waals surface area contributed by atoms with Gasteiger partial charge in [-0.05, 0) is 18.6 Å². The standard InChI is InChI=1S/C10H11F4NO/c1-6-4-9(8(15)5-7(6)11)16-3-2-10(12,13)14/h4-5H,2-3,15H2,1H3. The SMILES string of the molecule is Cc1cc(OCCC(F)(F)F)c(N)cc1F. The van der Waals surface area contributed by atoms with E-state index in [-0.39, 0.29) is 17.0 Å². The van der Waals surface area contributed by atoms with Crippen LogP contribution in [0.25, 0.3) is 0 Å². The number of hydrogen-bond acceptors (Lipinski definition) is 2. The average Bonchev–Trinajstić information content (AvgIpc) is 2.11. The van der Waals surface area contributed by atoms with E-state index < -0.39 is 25.0 Å². The zero-order chi connectivity index (χ0) is 12.3. The quantitative estimate of drug-likeness (QED) is 0.647. The third kappa shape index (κ3) is 3.60. The van der Waals surface area contributed by atoms with Crippen molar-refractivity contribution in [1.82, 2.24) is 0 Å². The second kappa shape index (κ2) is 4.59. The molecule has 1 aromatic rings. The summed E-state index contributed by atoms with van der Waals surface area (Å²) in [6.45, 7) is 0.949. The summed E-state index contributed by atoms with van der Waals surface area (Å²) in [4.78, 5) is 0. The highest BCUT2D eigenvalue weighted by atomic mass is 19.4. The lowest BCUT2D eigenvalue weighted by Gasteiger charge is -2.11. The van der Waals surface area contributed by atoms with Crippen molar-refractivity contribution in [2.75, 3.05) is 12.3 Å². The molecular formula is C10H11F4NO. The van der Waals surface area contributed by atoms with Gasteiger partial charge in [-0.1, -0.05) is 0 Å². The first-order valence-electron chi connectivity index (χ1n) is 4.55. The number of ether oxygens (including phenoxy) is 1. The molecule has 6 heteroatoms. The monoisotopic (exact) mass is 237 g/mol. The molecule has 0 aromatic heterocycles. The number of alkyl halides is 3. The molecular weight excluding hydrogens is 226 g/mol. The summed E-state index contributed by atoms with van der Waals surface area (Å²) in [5, 5.41) is 0. The molecule has 1 aromatic carbocycles. The van der Waals surface area contributed by atoms with Gasteiger partial charge in [0.1, 0.15) is 11.6 Å². The normalized spacial score (nSPS) is 11.6. The third-order valence-corrected chi connectivity index (χ3v) is 1.93.